The summed E-state index contributed by atoms with van der Waals surface area (Å²) in [5.74, 6) is 0.239. The van der Waals surface area contributed by atoms with E-state index in [-0.39, 0.29) is 12.0 Å². The molecule has 10 nitrogen and oxygen atoms in total. The first-order chi connectivity index (χ1) is 15.8. The number of hydrogen-bond acceptors (Lipinski definition) is 8. The van der Waals surface area contributed by atoms with Crippen molar-refractivity contribution in [2.75, 3.05) is 18.0 Å². The zero-order valence-electron chi connectivity index (χ0n) is 17.1. The van der Waals surface area contributed by atoms with Crippen LogP contribution in [0.4, 0.5) is 6.01 Å². The zero-order chi connectivity index (χ0) is 21.5. The highest BCUT2D eigenvalue weighted by Gasteiger charge is 2.33. The van der Waals surface area contributed by atoms with Crippen LogP contribution in [0.1, 0.15) is 18.9 Å². The molecule has 32 heavy (non-hydrogen) atoms. The van der Waals surface area contributed by atoms with Crippen molar-refractivity contribution < 1.29 is 4.42 Å². The molecule has 0 amide bonds. The van der Waals surface area contributed by atoms with E-state index in [0.717, 1.165) is 47.3 Å². The van der Waals surface area contributed by atoms with Crippen LogP contribution in [0, 0.1) is 17.2 Å². The van der Waals surface area contributed by atoms with Crippen LogP contribution in [0.3, 0.4) is 0 Å². The van der Waals surface area contributed by atoms with Crippen LogP contribution < -0.4 is 4.90 Å². The van der Waals surface area contributed by atoms with Crippen molar-refractivity contribution in [3.63, 3.8) is 0 Å². The van der Waals surface area contributed by atoms with Crippen LogP contribution in [0.15, 0.2) is 53.7 Å². The number of fused-ring (bicyclic) bond motifs is 2. The predicted octanol–water partition coefficient (Wildman–Crippen LogP) is 3.34. The number of oxazole rings is 1. The van der Waals surface area contributed by atoms with Gasteiger partial charge in [-0.1, -0.05) is 0 Å². The van der Waals surface area contributed by atoms with Crippen LogP contribution in [-0.2, 0) is 0 Å². The average molecular weight is 425 g/mol. The third-order valence-electron chi connectivity index (χ3n) is 6.06. The lowest BCUT2D eigenvalue weighted by atomic mass is 9.96. The summed E-state index contributed by atoms with van der Waals surface area (Å²) in [6, 6.07) is 8.55. The predicted molar refractivity (Wildman–Crippen MR) is 117 cm³/mol. The van der Waals surface area contributed by atoms with Crippen LogP contribution in [0.25, 0.3) is 33.5 Å². The first-order valence-electron chi connectivity index (χ1n) is 10.5. The molecule has 1 aliphatic rings. The topological polar surface area (TPSA) is 125 Å². The normalized spacial score (nSPS) is 17.2. The first-order valence-corrected chi connectivity index (χ1v) is 10.5. The van der Waals surface area contributed by atoms with Gasteiger partial charge in [-0.2, -0.15) is 15.3 Å². The molecule has 0 spiro atoms. The molecule has 6 rings (SSSR count). The molecule has 2 atom stereocenters. The molecule has 1 unspecified atom stereocenters. The molecule has 6 heterocycles. The lowest BCUT2D eigenvalue weighted by Gasteiger charge is -2.22. The van der Waals surface area contributed by atoms with Crippen LogP contribution in [-0.4, -0.2) is 47.8 Å². The van der Waals surface area contributed by atoms with Crippen LogP contribution in [0.5, 0.6) is 0 Å². The van der Waals surface area contributed by atoms with Gasteiger partial charge in [0, 0.05) is 48.5 Å². The molecular weight excluding hydrogens is 406 g/mol. The molecule has 1 saturated heterocycles. The van der Waals surface area contributed by atoms with Gasteiger partial charge in [-0.15, -0.1) is 0 Å². The number of rotatable bonds is 5. The highest BCUT2D eigenvalue weighted by atomic mass is 16.4. The van der Waals surface area contributed by atoms with Gasteiger partial charge in [0.15, 0.2) is 0 Å². The molecular formula is C22H19N9O. The Balaban J connectivity index is 1.27. The Bertz CT molecular complexity index is 1410. The van der Waals surface area contributed by atoms with Gasteiger partial charge < -0.3 is 14.3 Å². The van der Waals surface area contributed by atoms with Gasteiger partial charge >= 0.3 is 0 Å². The number of anilines is 1. The second-order valence-electron chi connectivity index (χ2n) is 7.92. The lowest BCUT2D eigenvalue weighted by molar-refractivity contribution is 0.331. The summed E-state index contributed by atoms with van der Waals surface area (Å²) >= 11 is 0. The van der Waals surface area contributed by atoms with Gasteiger partial charge in [-0.25, -0.2) is 15.0 Å². The Hall–Kier alpha value is -4.26. The van der Waals surface area contributed by atoms with Crippen molar-refractivity contribution >= 4 is 28.3 Å². The molecule has 10 heteroatoms. The number of nitriles is 1. The van der Waals surface area contributed by atoms with Crippen LogP contribution in [0.2, 0.25) is 0 Å². The number of hydrogen-bond donors (Lipinski definition) is 1. The molecule has 0 aliphatic carbocycles. The number of aromatic amines is 1. The number of nitrogens with one attached hydrogen (secondary N) is 1. The van der Waals surface area contributed by atoms with Gasteiger partial charge in [0.2, 0.25) is 5.71 Å². The summed E-state index contributed by atoms with van der Waals surface area (Å²) < 4.78 is 7.74. The van der Waals surface area contributed by atoms with Gasteiger partial charge in [0.05, 0.1) is 30.4 Å². The fourth-order valence-corrected chi connectivity index (χ4v) is 4.48. The van der Waals surface area contributed by atoms with Gasteiger partial charge in [0.25, 0.3) is 6.01 Å². The molecule has 1 fully saturated rings. The number of aromatic nitrogens is 7. The Morgan fingerprint density at radius 3 is 3.16 bits per heavy atom. The first kappa shape index (κ1) is 18.5. The van der Waals surface area contributed by atoms with Crippen molar-refractivity contribution in [1.29, 1.82) is 5.26 Å². The molecule has 158 valence electrons. The Kier molecular flexibility index (Phi) is 4.31. The standard InChI is InChI=1S/C22H19N9O/c23-6-3-18(14-5-9-30(11-14)22-29-17-2-1-7-25-21(17)32-22)31-12-15(10-28-31)19-16-4-8-24-20(16)27-13-26-19/h1-2,4,7-8,10,12-14,18H,3,5,9,11H2,(H,24,26,27)/t14?,18-/m0/s1. The van der Waals surface area contributed by atoms with Gasteiger partial charge in [-0.05, 0) is 24.6 Å². The number of nitrogens with zero attached hydrogens (tertiary/aromatic N) is 8. The van der Waals surface area contributed by atoms with Crippen molar-refractivity contribution in [2.24, 2.45) is 5.92 Å². The lowest BCUT2D eigenvalue weighted by Crippen LogP contribution is -2.25. The Labute approximate surface area is 182 Å². The molecule has 5 aromatic heterocycles. The number of H-pyrrole nitrogens is 1. The third-order valence-corrected chi connectivity index (χ3v) is 6.06. The smallest absolute Gasteiger partial charge is 0.299 e. The highest BCUT2D eigenvalue weighted by Crippen LogP contribution is 2.34. The molecule has 0 radical (unpaired) electrons. The van der Waals surface area contributed by atoms with E-state index in [4.69, 9.17) is 4.42 Å². The van der Waals surface area contributed by atoms with E-state index in [9.17, 15) is 5.26 Å². The molecule has 0 bridgehead atoms. The quantitative estimate of drug-likeness (QED) is 0.454. The van der Waals surface area contributed by atoms with Crippen molar-refractivity contribution in [3.8, 4) is 17.3 Å². The molecule has 5 aromatic rings. The minimum atomic E-state index is -0.0511. The van der Waals surface area contributed by atoms with E-state index in [1.807, 2.05) is 35.3 Å². The van der Waals surface area contributed by atoms with Gasteiger partial charge in [0.1, 0.15) is 17.5 Å². The third kappa shape index (κ3) is 3.06. The summed E-state index contributed by atoms with van der Waals surface area (Å²) in [6.45, 7) is 1.55. The minimum absolute atomic E-state index is 0.0511. The van der Waals surface area contributed by atoms with E-state index in [1.165, 1.54) is 0 Å². The molecule has 0 saturated carbocycles. The van der Waals surface area contributed by atoms with E-state index < -0.39 is 0 Å². The second kappa shape index (κ2) is 7.46. The van der Waals surface area contributed by atoms with Crippen molar-refractivity contribution in [3.05, 3.63) is 49.3 Å². The Morgan fingerprint density at radius 2 is 2.25 bits per heavy atom. The van der Waals surface area contributed by atoms with Gasteiger partial charge in [-0.3, -0.25) is 4.68 Å². The molecule has 1 aliphatic heterocycles. The highest BCUT2D eigenvalue weighted by molar-refractivity contribution is 5.89. The Morgan fingerprint density at radius 1 is 1.28 bits per heavy atom. The van der Waals surface area contributed by atoms with E-state index in [0.29, 0.717) is 18.1 Å². The van der Waals surface area contributed by atoms with E-state index >= 15 is 0 Å². The average Bonchev–Trinajstić information content (AvgIpc) is 3.61. The van der Waals surface area contributed by atoms with E-state index in [1.54, 1.807) is 18.7 Å². The second-order valence-corrected chi connectivity index (χ2v) is 7.92. The zero-order valence-corrected chi connectivity index (χ0v) is 17.1. The monoisotopic (exact) mass is 425 g/mol. The summed E-state index contributed by atoms with van der Waals surface area (Å²) in [4.78, 5) is 22.7. The maximum atomic E-state index is 9.51. The summed E-state index contributed by atoms with van der Waals surface area (Å²) in [5, 5.41) is 15.1. The molecule has 0 aromatic carbocycles. The maximum absolute atomic E-state index is 9.51. The molecule has 1 N–H and O–H groups in total. The largest absolute Gasteiger partial charge is 0.404 e. The number of pyridine rings is 1. The summed E-state index contributed by atoms with van der Waals surface area (Å²) in [6.07, 6.45) is 10.2. The van der Waals surface area contributed by atoms with Crippen molar-refractivity contribution in [1.82, 2.24) is 34.7 Å². The minimum Gasteiger partial charge on any atom is -0.404 e. The SMILES string of the molecule is N#CC[C@@H](C1CCN(c2nc3cccnc3o2)C1)n1cc(-c2ncnc3[nH]ccc23)cn1. The summed E-state index contributed by atoms with van der Waals surface area (Å²) in [7, 11) is 0. The summed E-state index contributed by atoms with van der Waals surface area (Å²) in [5.41, 5.74) is 3.80. The fraction of sp³-hybridized carbons (Fsp3) is 0.273. The van der Waals surface area contributed by atoms with Crippen molar-refractivity contribution in [2.45, 2.75) is 18.9 Å². The van der Waals surface area contributed by atoms with Crippen LogP contribution >= 0.6 is 0 Å². The van der Waals surface area contributed by atoms with E-state index in [2.05, 4.69) is 41.0 Å². The fourth-order valence-electron chi connectivity index (χ4n) is 4.48. The maximum Gasteiger partial charge on any atom is 0.299 e.